The number of aromatic nitrogens is 3. The van der Waals surface area contributed by atoms with E-state index in [1.54, 1.807) is 23.0 Å². The average Bonchev–Trinajstić information content (AvgIpc) is 3.11. The lowest BCUT2D eigenvalue weighted by atomic mass is 10.1. The molecule has 3 aromatic rings. The molecule has 0 bridgehead atoms. The van der Waals surface area contributed by atoms with Gasteiger partial charge in [-0.3, -0.25) is 4.79 Å². The van der Waals surface area contributed by atoms with E-state index < -0.39 is 0 Å². The lowest BCUT2D eigenvalue weighted by Crippen LogP contribution is -2.23. The Morgan fingerprint density at radius 2 is 1.75 bits per heavy atom. The van der Waals surface area contributed by atoms with Crippen LogP contribution in [0.3, 0.4) is 0 Å². The number of aryl methyl sites for hydroxylation is 1. The highest BCUT2D eigenvalue weighted by atomic mass is 35.5. The minimum atomic E-state index is -0.263. The number of nitrogens with one attached hydrogen (secondary N) is 1. The highest BCUT2D eigenvalue weighted by Crippen LogP contribution is 2.11. The number of nitrogens with zero attached hydrogens (tertiary/aromatic N) is 3. The molecule has 6 heteroatoms. The van der Waals surface area contributed by atoms with Crippen LogP contribution in [0.2, 0.25) is 5.02 Å². The van der Waals surface area contributed by atoms with Gasteiger partial charge >= 0.3 is 0 Å². The van der Waals surface area contributed by atoms with E-state index in [4.69, 9.17) is 11.6 Å². The van der Waals surface area contributed by atoms with E-state index in [9.17, 15) is 4.79 Å². The standard InChI is InChI=1S/C18H17ClN4O/c1-2-13-5-9-16(10-6-13)23-12-17(21-22-23)18(24)20-11-14-3-7-15(19)8-4-14/h3-10,12H,2,11H2,1H3,(H,20,24). The Balaban J connectivity index is 1.65. The monoisotopic (exact) mass is 340 g/mol. The van der Waals surface area contributed by atoms with Crippen LogP contribution in [0, 0.1) is 0 Å². The third-order valence-corrected chi connectivity index (χ3v) is 3.95. The zero-order chi connectivity index (χ0) is 16.9. The second-order valence-corrected chi connectivity index (χ2v) is 5.81. The minimum absolute atomic E-state index is 0.263. The van der Waals surface area contributed by atoms with E-state index >= 15 is 0 Å². The minimum Gasteiger partial charge on any atom is -0.347 e. The lowest BCUT2D eigenvalue weighted by Gasteiger charge is -2.03. The SMILES string of the molecule is CCc1ccc(-n2cc(C(=O)NCc3ccc(Cl)cc3)nn2)cc1. The maximum absolute atomic E-state index is 12.2. The van der Waals surface area contributed by atoms with E-state index in [0.717, 1.165) is 17.7 Å². The number of carbonyl (C=O) groups is 1. The molecule has 1 N–H and O–H groups in total. The van der Waals surface area contributed by atoms with Crippen LogP contribution < -0.4 is 5.32 Å². The molecular weight excluding hydrogens is 324 g/mol. The van der Waals surface area contributed by atoms with E-state index in [1.165, 1.54) is 5.56 Å². The summed E-state index contributed by atoms with van der Waals surface area (Å²) in [5, 5.41) is 11.4. The summed E-state index contributed by atoms with van der Waals surface area (Å²) in [6.45, 7) is 2.52. The summed E-state index contributed by atoms with van der Waals surface area (Å²) in [6, 6.07) is 15.3. The van der Waals surface area contributed by atoms with Crippen LogP contribution in [-0.2, 0) is 13.0 Å². The van der Waals surface area contributed by atoms with Crippen molar-refractivity contribution in [3.8, 4) is 5.69 Å². The summed E-state index contributed by atoms with van der Waals surface area (Å²) in [4.78, 5) is 12.2. The van der Waals surface area contributed by atoms with Crippen LogP contribution in [0.1, 0.15) is 28.5 Å². The quantitative estimate of drug-likeness (QED) is 0.774. The summed E-state index contributed by atoms with van der Waals surface area (Å²) in [5.41, 5.74) is 3.37. The molecule has 0 radical (unpaired) electrons. The molecule has 0 aliphatic heterocycles. The number of benzene rings is 2. The van der Waals surface area contributed by atoms with Gasteiger partial charge in [-0.1, -0.05) is 48.0 Å². The highest BCUT2D eigenvalue weighted by Gasteiger charge is 2.11. The number of hydrogen-bond donors (Lipinski definition) is 1. The lowest BCUT2D eigenvalue weighted by molar-refractivity contribution is 0.0946. The summed E-state index contributed by atoms with van der Waals surface area (Å²) in [7, 11) is 0. The Kier molecular flexibility index (Phi) is 4.91. The van der Waals surface area contributed by atoms with Gasteiger partial charge in [0.1, 0.15) is 0 Å². The molecule has 0 atom stereocenters. The van der Waals surface area contributed by atoms with Crippen molar-refractivity contribution in [2.45, 2.75) is 19.9 Å². The third kappa shape index (κ3) is 3.81. The van der Waals surface area contributed by atoms with Crippen LogP contribution in [0.5, 0.6) is 0 Å². The van der Waals surface area contributed by atoms with Gasteiger partial charge < -0.3 is 5.32 Å². The van der Waals surface area contributed by atoms with Gasteiger partial charge in [0.25, 0.3) is 5.91 Å². The Labute approximate surface area is 145 Å². The van der Waals surface area contributed by atoms with E-state index in [-0.39, 0.29) is 11.6 Å². The second-order valence-electron chi connectivity index (χ2n) is 5.38. The molecule has 0 aliphatic carbocycles. The average molecular weight is 341 g/mol. The van der Waals surface area contributed by atoms with E-state index in [1.807, 2.05) is 36.4 Å². The maximum atomic E-state index is 12.2. The Morgan fingerprint density at radius 3 is 2.42 bits per heavy atom. The molecule has 2 aromatic carbocycles. The van der Waals surface area contributed by atoms with Crippen molar-refractivity contribution >= 4 is 17.5 Å². The fraction of sp³-hybridized carbons (Fsp3) is 0.167. The van der Waals surface area contributed by atoms with Crippen molar-refractivity contribution in [2.75, 3.05) is 0 Å². The van der Waals surface area contributed by atoms with Crippen LogP contribution in [0.4, 0.5) is 0 Å². The van der Waals surface area contributed by atoms with Crippen molar-refractivity contribution in [3.05, 3.63) is 76.6 Å². The first-order valence-corrected chi connectivity index (χ1v) is 8.08. The molecule has 1 heterocycles. The molecule has 3 rings (SSSR count). The molecule has 0 unspecified atom stereocenters. The maximum Gasteiger partial charge on any atom is 0.273 e. The smallest absolute Gasteiger partial charge is 0.273 e. The number of amides is 1. The highest BCUT2D eigenvalue weighted by molar-refractivity contribution is 6.30. The molecule has 1 aromatic heterocycles. The van der Waals surface area contributed by atoms with Crippen molar-refractivity contribution in [1.82, 2.24) is 20.3 Å². The van der Waals surface area contributed by atoms with Gasteiger partial charge in [-0.15, -0.1) is 5.10 Å². The first-order valence-electron chi connectivity index (χ1n) is 7.70. The predicted molar refractivity (Wildman–Crippen MR) is 93.4 cm³/mol. The van der Waals surface area contributed by atoms with Crippen LogP contribution in [-0.4, -0.2) is 20.9 Å². The van der Waals surface area contributed by atoms with Gasteiger partial charge in [0.2, 0.25) is 0 Å². The van der Waals surface area contributed by atoms with Gasteiger partial charge in [0, 0.05) is 11.6 Å². The molecule has 0 aliphatic rings. The van der Waals surface area contributed by atoms with Gasteiger partial charge in [-0.05, 0) is 41.8 Å². The van der Waals surface area contributed by atoms with Crippen molar-refractivity contribution in [2.24, 2.45) is 0 Å². The number of halogens is 1. The van der Waals surface area contributed by atoms with Gasteiger partial charge in [0.15, 0.2) is 5.69 Å². The summed E-state index contributed by atoms with van der Waals surface area (Å²) < 4.78 is 1.59. The third-order valence-electron chi connectivity index (χ3n) is 3.70. The topological polar surface area (TPSA) is 59.8 Å². The molecular formula is C18H17ClN4O. The van der Waals surface area contributed by atoms with E-state index in [0.29, 0.717) is 11.6 Å². The van der Waals surface area contributed by atoms with Gasteiger partial charge in [0.05, 0.1) is 11.9 Å². The summed E-state index contributed by atoms with van der Waals surface area (Å²) >= 11 is 5.84. The molecule has 0 saturated carbocycles. The van der Waals surface area contributed by atoms with Crippen molar-refractivity contribution in [3.63, 3.8) is 0 Å². The van der Waals surface area contributed by atoms with Gasteiger partial charge in [-0.25, -0.2) is 4.68 Å². The number of rotatable bonds is 5. The number of carbonyl (C=O) groups excluding carboxylic acids is 1. The summed E-state index contributed by atoms with van der Waals surface area (Å²) in [5.74, 6) is -0.263. The Morgan fingerprint density at radius 1 is 1.08 bits per heavy atom. The zero-order valence-electron chi connectivity index (χ0n) is 13.2. The molecule has 122 valence electrons. The predicted octanol–water partition coefficient (Wildman–Crippen LogP) is 3.41. The molecule has 0 saturated heterocycles. The number of hydrogen-bond acceptors (Lipinski definition) is 3. The zero-order valence-corrected chi connectivity index (χ0v) is 14.0. The normalized spacial score (nSPS) is 10.6. The molecule has 1 amide bonds. The Hall–Kier alpha value is -2.66. The fourth-order valence-electron chi connectivity index (χ4n) is 2.25. The second kappa shape index (κ2) is 7.27. The molecule has 5 nitrogen and oxygen atoms in total. The van der Waals surface area contributed by atoms with Gasteiger partial charge in [-0.2, -0.15) is 0 Å². The van der Waals surface area contributed by atoms with Crippen LogP contribution >= 0.6 is 11.6 Å². The van der Waals surface area contributed by atoms with Crippen molar-refractivity contribution < 1.29 is 4.79 Å². The van der Waals surface area contributed by atoms with Crippen LogP contribution in [0.15, 0.2) is 54.7 Å². The fourth-order valence-corrected chi connectivity index (χ4v) is 2.38. The van der Waals surface area contributed by atoms with Crippen molar-refractivity contribution in [1.29, 1.82) is 0 Å². The molecule has 0 fully saturated rings. The van der Waals surface area contributed by atoms with E-state index in [2.05, 4.69) is 22.6 Å². The first kappa shape index (κ1) is 16.2. The molecule has 0 spiro atoms. The Bertz CT molecular complexity index is 825. The molecule has 24 heavy (non-hydrogen) atoms. The largest absolute Gasteiger partial charge is 0.347 e. The first-order chi connectivity index (χ1) is 11.7. The summed E-state index contributed by atoms with van der Waals surface area (Å²) in [6.07, 6.45) is 2.61. The van der Waals surface area contributed by atoms with Crippen LogP contribution in [0.25, 0.3) is 5.69 Å².